The fraction of sp³-hybridized carbons (Fsp3) is 0.927. The number of hydrogen-bond donors (Lipinski definition) is 7. The topological polar surface area (TPSA) is 142 Å². The van der Waals surface area contributed by atoms with E-state index in [1.165, 1.54) is 128 Å². The van der Waals surface area contributed by atoms with Gasteiger partial charge in [-0.15, -0.1) is 0 Å². The molecule has 0 heterocycles. The third kappa shape index (κ3) is 23.2. The molecule has 0 aromatic carbocycles. The Bertz CT molecular complexity index is 781. The summed E-state index contributed by atoms with van der Waals surface area (Å²) in [5.74, 6) is -0.657. The summed E-state index contributed by atoms with van der Waals surface area (Å²) in [5, 5.41) is 58.0. The van der Waals surface area contributed by atoms with E-state index in [1.54, 1.807) is 6.08 Å². The molecular weight excluding hydrogens is 616 g/mol. The van der Waals surface area contributed by atoms with E-state index >= 15 is 0 Å². The molecule has 1 rings (SSSR count). The molecule has 7 N–H and O–H groups in total. The second-order valence-corrected chi connectivity index (χ2v) is 15.1. The summed E-state index contributed by atoms with van der Waals surface area (Å²) in [5.41, 5.74) is 0. The molecule has 0 unspecified atom stereocenters. The lowest BCUT2D eigenvalue weighted by Gasteiger charge is -2.41. The molecule has 1 aliphatic rings. The first kappa shape index (κ1) is 46.0. The third-order valence-corrected chi connectivity index (χ3v) is 10.6. The van der Waals surface area contributed by atoms with Crippen molar-refractivity contribution in [3.8, 4) is 0 Å². The molecule has 0 spiro atoms. The average Bonchev–Trinajstić information content (AvgIpc) is 3.10. The van der Waals surface area contributed by atoms with Crippen LogP contribution in [0.25, 0.3) is 0 Å². The molecule has 1 amide bonds. The normalized spacial score (nSPS) is 22.5. The third-order valence-electron chi connectivity index (χ3n) is 10.6. The summed E-state index contributed by atoms with van der Waals surface area (Å²) in [7, 11) is 0. The van der Waals surface area contributed by atoms with Gasteiger partial charge < -0.3 is 36.2 Å². The number of rotatable bonds is 33. The van der Waals surface area contributed by atoms with Crippen molar-refractivity contribution in [1.82, 2.24) is 10.6 Å². The van der Waals surface area contributed by atoms with Crippen LogP contribution in [0.1, 0.15) is 187 Å². The molecule has 49 heavy (non-hydrogen) atoms. The largest absolute Gasteiger partial charge is 0.396 e. The second-order valence-electron chi connectivity index (χ2n) is 15.1. The number of amides is 1. The molecule has 1 aliphatic carbocycles. The van der Waals surface area contributed by atoms with Crippen molar-refractivity contribution < 1.29 is 30.3 Å². The van der Waals surface area contributed by atoms with Gasteiger partial charge in [-0.05, 0) is 25.7 Å². The van der Waals surface area contributed by atoms with E-state index in [2.05, 4.69) is 24.5 Å². The highest BCUT2D eigenvalue weighted by Gasteiger charge is 2.42. The van der Waals surface area contributed by atoms with Gasteiger partial charge in [0.1, 0.15) is 6.10 Å². The molecule has 0 aliphatic heterocycles. The van der Waals surface area contributed by atoms with E-state index in [0.29, 0.717) is 6.42 Å². The van der Waals surface area contributed by atoms with Crippen LogP contribution in [-0.2, 0) is 4.79 Å². The van der Waals surface area contributed by atoms with Gasteiger partial charge in [0.05, 0.1) is 24.4 Å². The zero-order valence-corrected chi connectivity index (χ0v) is 31.8. The van der Waals surface area contributed by atoms with Crippen molar-refractivity contribution in [2.45, 2.75) is 224 Å². The zero-order chi connectivity index (χ0) is 36.0. The summed E-state index contributed by atoms with van der Waals surface area (Å²) in [6, 6.07) is -1.18. The van der Waals surface area contributed by atoms with Crippen molar-refractivity contribution >= 4 is 5.91 Å². The molecule has 0 aromatic rings. The van der Waals surface area contributed by atoms with E-state index in [9.17, 15) is 30.3 Å². The van der Waals surface area contributed by atoms with E-state index in [-0.39, 0.29) is 25.5 Å². The lowest BCUT2D eigenvalue weighted by molar-refractivity contribution is -0.131. The fourth-order valence-corrected chi connectivity index (χ4v) is 7.12. The first-order chi connectivity index (χ1) is 23.8. The highest BCUT2D eigenvalue weighted by Crippen LogP contribution is 2.26. The van der Waals surface area contributed by atoms with Crippen LogP contribution in [-0.4, -0.2) is 81.1 Å². The van der Waals surface area contributed by atoms with Crippen LogP contribution in [0.4, 0.5) is 0 Å². The summed E-state index contributed by atoms with van der Waals surface area (Å²) in [4.78, 5) is 12.9. The van der Waals surface area contributed by atoms with Crippen molar-refractivity contribution in [2.24, 2.45) is 5.92 Å². The number of hydrogen-bond acceptors (Lipinski definition) is 7. The van der Waals surface area contributed by atoms with Crippen molar-refractivity contribution in [3.05, 3.63) is 12.2 Å². The van der Waals surface area contributed by atoms with E-state index in [4.69, 9.17) is 0 Å². The Kier molecular flexibility index (Phi) is 29.7. The summed E-state index contributed by atoms with van der Waals surface area (Å²) in [6.07, 6.45) is 31.1. The second kappa shape index (κ2) is 31.7. The lowest BCUT2D eigenvalue weighted by atomic mass is 9.79. The Morgan fingerprint density at radius 2 is 1.10 bits per heavy atom. The predicted molar refractivity (Wildman–Crippen MR) is 203 cm³/mol. The molecular formula is C41H80N2O6. The van der Waals surface area contributed by atoms with Gasteiger partial charge >= 0.3 is 0 Å². The Labute approximate surface area is 301 Å². The van der Waals surface area contributed by atoms with Crippen LogP contribution >= 0.6 is 0 Å². The molecule has 1 saturated carbocycles. The number of carbonyl (C=O) groups is 1. The summed E-state index contributed by atoms with van der Waals surface area (Å²) < 4.78 is 0. The maximum Gasteiger partial charge on any atom is 0.220 e. The molecule has 0 aromatic heterocycles. The smallest absolute Gasteiger partial charge is 0.220 e. The van der Waals surface area contributed by atoms with Crippen LogP contribution in [0.15, 0.2) is 12.2 Å². The van der Waals surface area contributed by atoms with Gasteiger partial charge in [-0.1, -0.05) is 167 Å². The standard InChI is InChI=1S/C41H80N2O6/c1-3-5-7-9-11-13-15-17-19-21-23-25-27-29-37(45)36(32-42-35-31-34(33-44)39(47)41(49)40(35)48)43-38(46)30-28-26-24-22-20-18-16-14-12-10-8-6-4-2/h27,29,34-37,39-42,44-45,47-49H,3-26,28,30-33H2,1-2H3,(H,43,46)/b29-27+/t34-,35-,36+,37-,39+,40+,41+/m1/s1. The number of allylic oxidation sites excluding steroid dienone is 1. The zero-order valence-electron chi connectivity index (χ0n) is 31.8. The molecule has 8 nitrogen and oxygen atoms in total. The Morgan fingerprint density at radius 1 is 0.653 bits per heavy atom. The van der Waals surface area contributed by atoms with Gasteiger partial charge in [0, 0.05) is 31.5 Å². The Hall–Kier alpha value is -1.03. The van der Waals surface area contributed by atoms with Gasteiger partial charge in [-0.25, -0.2) is 0 Å². The van der Waals surface area contributed by atoms with Crippen LogP contribution in [0.2, 0.25) is 0 Å². The monoisotopic (exact) mass is 697 g/mol. The Morgan fingerprint density at radius 3 is 1.57 bits per heavy atom. The summed E-state index contributed by atoms with van der Waals surface area (Å²) in [6.45, 7) is 4.40. The Balaban J connectivity index is 2.43. The SMILES string of the molecule is CCCCCCCCCCCCC/C=C/[C@@H](O)[C@H](CN[C@@H]1C[C@H](CO)[C@H](O)[C@H](O)[C@H]1O)NC(=O)CCCCCCCCCCCCCCC. The first-order valence-corrected chi connectivity index (χ1v) is 20.9. The number of carbonyl (C=O) groups excluding carboxylic acids is 1. The van der Waals surface area contributed by atoms with E-state index in [1.807, 2.05) is 6.08 Å². The molecule has 7 atom stereocenters. The quantitative estimate of drug-likeness (QED) is 0.0276. The van der Waals surface area contributed by atoms with Crippen LogP contribution < -0.4 is 10.6 Å². The molecule has 0 radical (unpaired) electrons. The fourth-order valence-electron chi connectivity index (χ4n) is 7.12. The highest BCUT2D eigenvalue weighted by molar-refractivity contribution is 5.76. The van der Waals surface area contributed by atoms with Gasteiger partial charge in [-0.3, -0.25) is 4.79 Å². The molecule has 8 heteroatoms. The number of unbranched alkanes of at least 4 members (excludes halogenated alkanes) is 23. The number of aliphatic hydroxyl groups excluding tert-OH is 5. The molecule has 290 valence electrons. The van der Waals surface area contributed by atoms with Crippen molar-refractivity contribution in [3.63, 3.8) is 0 Å². The predicted octanol–water partition coefficient (Wildman–Crippen LogP) is 7.62. The van der Waals surface area contributed by atoms with Crippen LogP contribution in [0, 0.1) is 5.92 Å². The highest BCUT2D eigenvalue weighted by atomic mass is 16.4. The van der Waals surface area contributed by atoms with Crippen LogP contribution in [0.5, 0.6) is 0 Å². The maximum absolute atomic E-state index is 12.9. The molecule has 0 saturated heterocycles. The minimum Gasteiger partial charge on any atom is -0.396 e. The number of nitrogens with one attached hydrogen (secondary N) is 2. The van der Waals surface area contributed by atoms with E-state index < -0.39 is 42.4 Å². The number of aliphatic hydroxyl groups is 5. The van der Waals surface area contributed by atoms with Crippen LogP contribution in [0.3, 0.4) is 0 Å². The minimum absolute atomic E-state index is 0.0967. The summed E-state index contributed by atoms with van der Waals surface area (Å²) >= 11 is 0. The van der Waals surface area contributed by atoms with Crippen molar-refractivity contribution in [1.29, 1.82) is 0 Å². The van der Waals surface area contributed by atoms with Gasteiger partial charge in [0.2, 0.25) is 5.91 Å². The van der Waals surface area contributed by atoms with Crippen molar-refractivity contribution in [2.75, 3.05) is 13.2 Å². The lowest BCUT2D eigenvalue weighted by Crippen LogP contribution is -2.61. The van der Waals surface area contributed by atoms with Gasteiger partial charge in [-0.2, -0.15) is 0 Å². The van der Waals surface area contributed by atoms with Gasteiger partial charge in [0.25, 0.3) is 0 Å². The maximum atomic E-state index is 12.9. The first-order valence-electron chi connectivity index (χ1n) is 20.9. The average molecular weight is 697 g/mol. The minimum atomic E-state index is -1.37. The molecule has 0 bridgehead atoms. The van der Waals surface area contributed by atoms with E-state index in [0.717, 1.165) is 32.1 Å². The molecule has 1 fully saturated rings. The van der Waals surface area contributed by atoms with Gasteiger partial charge in [0.15, 0.2) is 0 Å².